The van der Waals surface area contributed by atoms with Crippen LogP contribution in [0.5, 0.6) is 5.88 Å². The largest absolute Gasteiger partial charge is 0.477 e. The molecule has 0 aliphatic rings. The van der Waals surface area contributed by atoms with Gasteiger partial charge in [0.2, 0.25) is 5.88 Å². The molecule has 0 unspecified atom stereocenters. The van der Waals surface area contributed by atoms with Crippen molar-refractivity contribution in [3.63, 3.8) is 0 Å². The van der Waals surface area contributed by atoms with Crippen molar-refractivity contribution in [2.75, 3.05) is 13.2 Å². The Morgan fingerprint density at radius 2 is 1.90 bits per heavy atom. The van der Waals surface area contributed by atoms with Crippen LogP contribution in [0.25, 0.3) is 0 Å². The minimum absolute atomic E-state index is 0.599. The Labute approximate surface area is 126 Å². The standard InChI is InChI=1S/C17H23N3O/c1-2-12-18-14-16-10-11-17(20-19-16)21-13-6-9-15-7-4-3-5-8-15/h3-5,7-8,10-11,18H,2,6,9,12-14H2,1H3. The van der Waals surface area contributed by atoms with Gasteiger partial charge in [0.15, 0.2) is 0 Å². The predicted molar refractivity (Wildman–Crippen MR) is 84.3 cm³/mol. The maximum Gasteiger partial charge on any atom is 0.233 e. The van der Waals surface area contributed by atoms with Gasteiger partial charge in [-0.2, -0.15) is 5.10 Å². The molecule has 2 aromatic rings. The van der Waals surface area contributed by atoms with E-state index >= 15 is 0 Å². The minimum atomic E-state index is 0.599. The summed E-state index contributed by atoms with van der Waals surface area (Å²) in [4.78, 5) is 0. The Bertz CT molecular complexity index is 499. The Kier molecular flexibility index (Phi) is 6.68. The van der Waals surface area contributed by atoms with Gasteiger partial charge in [-0.3, -0.25) is 0 Å². The van der Waals surface area contributed by atoms with Gasteiger partial charge in [0.05, 0.1) is 12.3 Å². The fourth-order valence-electron chi connectivity index (χ4n) is 2.01. The van der Waals surface area contributed by atoms with E-state index in [9.17, 15) is 0 Å². The van der Waals surface area contributed by atoms with Gasteiger partial charge in [0.1, 0.15) is 0 Å². The van der Waals surface area contributed by atoms with E-state index in [4.69, 9.17) is 4.74 Å². The van der Waals surface area contributed by atoms with E-state index in [-0.39, 0.29) is 0 Å². The van der Waals surface area contributed by atoms with Gasteiger partial charge in [0.25, 0.3) is 0 Å². The fourth-order valence-corrected chi connectivity index (χ4v) is 2.01. The first-order valence-corrected chi connectivity index (χ1v) is 7.58. The molecule has 0 saturated heterocycles. The van der Waals surface area contributed by atoms with E-state index in [1.807, 2.05) is 18.2 Å². The van der Waals surface area contributed by atoms with Crippen LogP contribution in [0.3, 0.4) is 0 Å². The maximum atomic E-state index is 5.61. The second kappa shape index (κ2) is 9.08. The van der Waals surface area contributed by atoms with E-state index in [2.05, 4.69) is 46.7 Å². The molecule has 0 fully saturated rings. The molecule has 0 aliphatic heterocycles. The van der Waals surface area contributed by atoms with E-state index in [0.717, 1.165) is 38.0 Å². The number of nitrogens with one attached hydrogen (secondary N) is 1. The van der Waals surface area contributed by atoms with Gasteiger partial charge in [-0.15, -0.1) is 5.10 Å². The van der Waals surface area contributed by atoms with Crippen molar-refractivity contribution in [1.82, 2.24) is 15.5 Å². The van der Waals surface area contributed by atoms with Crippen LogP contribution in [0.2, 0.25) is 0 Å². The lowest BCUT2D eigenvalue weighted by Crippen LogP contribution is -2.15. The van der Waals surface area contributed by atoms with Gasteiger partial charge in [-0.05, 0) is 37.4 Å². The highest BCUT2D eigenvalue weighted by atomic mass is 16.5. The SMILES string of the molecule is CCCNCc1ccc(OCCCc2ccccc2)nn1. The molecule has 0 amide bonds. The molecule has 0 spiro atoms. The van der Waals surface area contributed by atoms with Crippen LogP contribution in [-0.4, -0.2) is 23.3 Å². The summed E-state index contributed by atoms with van der Waals surface area (Å²) in [6.45, 7) is 4.57. The number of hydrogen-bond donors (Lipinski definition) is 1. The van der Waals surface area contributed by atoms with Gasteiger partial charge in [-0.25, -0.2) is 0 Å². The number of ether oxygens (including phenoxy) is 1. The summed E-state index contributed by atoms with van der Waals surface area (Å²) < 4.78 is 5.61. The molecule has 112 valence electrons. The normalized spacial score (nSPS) is 10.5. The highest BCUT2D eigenvalue weighted by molar-refractivity contribution is 5.15. The molecule has 21 heavy (non-hydrogen) atoms. The molecule has 1 aromatic carbocycles. The van der Waals surface area contributed by atoms with Crippen molar-refractivity contribution < 1.29 is 4.74 Å². The summed E-state index contributed by atoms with van der Waals surface area (Å²) in [6, 6.07) is 14.3. The summed E-state index contributed by atoms with van der Waals surface area (Å²) in [5.41, 5.74) is 2.28. The lowest BCUT2D eigenvalue weighted by atomic mass is 10.1. The molecule has 1 aromatic heterocycles. The van der Waals surface area contributed by atoms with Gasteiger partial charge >= 0.3 is 0 Å². The lowest BCUT2D eigenvalue weighted by molar-refractivity contribution is 0.295. The first kappa shape index (κ1) is 15.4. The number of benzene rings is 1. The van der Waals surface area contributed by atoms with Crippen LogP contribution < -0.4 is 10.1 Å². The Morgan fingerprint density at radius 3 is 2.62 bits per heavy atom. The summed E-state index contributed by atoms with van der Waals surface area (Å²) in [5, 5.41) is 11.5. The third-order valence-electron chi connectivity index (χ3n) is 3.13. The second-order valence-corrected chi connectivity index (χ2v) is 4.98. The second-order valence-electron chi connectivity index (χ2n) is 4.98. The van der Waals surface area contributed by atoms with E-state index in [1.165, 1.54) is 5.56 Å². The van der Waals surface area contributed by atoms with Crippen molar-refractivity contribution in [1.29, 1.82) is 0 Å². The fraction of sp³-hybridized carbons (Fsp3) is 0.412. The van der Waals surface area contributed by atoms with Crippen LogP contribution in [-0.2, 0) is 13.0 Å². The van der Waals surface area contributed by atoms with E-state index in [1.54, 1.807) is 0 Å². The highest BCUT2D eigenvalue weighted by Gasteiger charge is 1.99. The molecule has 0 aliphatic carbocycles. The van der Waals surface area contributed by atoms with Gasteiger partial charge in [-0.1, -0.05) is 37.3 Å². The van der Waals surface area contributed by atoms with Crippen molar-refractivity contribution >= 4 is 0 Å². The molecule has 0 bridgehead atoms. The van der Waals surface area contributed by atoms with Crippen molar-refractivity contribution in [2.24, 2.45) is 0 Å². The molecule has 0 radical (unpaired) electrons. The molecule has 4 heteroatoms. The number of hydrogen-bond acceptors (Lipinski definition) is 4. The van der Waals surface area contributed by atoms with Gasteiger partial charge in [0, 0.05) is 12.6 Å². The summed E-state index contributed by atoms with van der Waals surface area (Å²) in [7, 11) is 0. The zero-order valence-corrected chi connectivity index (χ0v) is 12.6. The Morgan fingerprint density at radius 1 is 1.05 bits per heavy atom. The first-order chi connectivity index (χ1) is 10.4. The number of nitrogens with zero attached hydrogens (tertiary/aromatic N) is 2. The smallest absolute Gasteiger partial charge is 0.233 e. The van der Waals surface area contributed by atoms with Crippen molar-refractivity contribution in [3.05, 3.63) is 53.7 Å². The zero-order chi connectivity index (χ0) is 14.8. The topological polar surface area (TPSA) is 47.0 Å². The zero-order valence-electron chi connectivity index (χ0n) is 12.6. The molecule has 0 atom stereocenters. The lowest BCUT2D eigenvalue weighted by Gasteiger charge is -2.06. The van der Waals surface area contributed by atoms with Crippen LogP contribution in [0.4, 0.5) is 0 Å². The van der Waals surface area contributed by atoms with E-state index in [0.29, 0.717) is 12.5 Å². The summed E-state index contributed by atoms with van der Waals surface area (Å²) in [6.07, 6.45) is 3.12. The Balaban J connectivity index is 1.66. The third kappa shape index (κ3) is 5.92. The predicted octanol–water partition coefficient (Wildman–Crippen LogP) is 2.99. The average molecular weight is 285 g/mol. The highest BCUT2D eigenvalue weighted by Crippen LogP contribution is 2.07. The van der Waals surface area contributed by atoms with Gasteiger partial charge < -0.3 is 10.1 Å². The molecular formula is C17H23N3O. The minimum Gasteiger partial charge on any atom is -0.477 e. The number of aryl methyl sites for hydroxylation is 1. The molecule has 4 nitrogen and oxygen atoms in total. The number of rotatable bonds is 9. The van der Waals surface area contributed by atoms with Crippen molar-refractivity contribution in [3.8, 4) is 5.88 Å². The first-order valence-electron chi connectivity index (χ1n) is 7.58. The number of aromatic nitrogens is 2. The third-order valence-corrected chi connectivity index (χ3v) is 3.13. The molecule has 1 N–H and O–H groups in total. The van der Waals surface area contributed by atoms with Crippen molar-refractivity contribution in [2.45, 2.75) is 32.7 Å². The molecule has 0 saturated carbocycles. The average Bonchev–Trinajstić information content (AvgIpc) is 2.54. The summed E-state index contributed by atoms with van der Waals surface area (Å²) in [5.74, 6) is 0.599. The maximum absolute atomic E-state index is 5.61. The van der Waals surface area contributed by atoms with Crippen LogP contribution in [0, 0.1) is 0 Å². The van der Waals surface area contributed by atoms with Crippen LogP contribution in [0.15, 0.2) is 42.5 Å². The summed E-state index contributed by atoms with van der Waals surface area (Å²) >= 11 is 0. The molecule has 2 rings (SSSR count). The molecule has 1 heterocycles. The Hall–Kier alpha value is -1.94. The van der Waals surface area contributed by atoms with E-state index < -0.39 is 0 Å². The van der Waals surface area contributed by atoms with Crippen LogP contribution in [0.1, 0.15) is 31.0 Å². The molecular weight excluding hydrogens is 262 g/mol. The van der Waals surface area contributed by atoms with Crippen LogP contribution >= 0.6 is 0 Å². The monoisotopic (exact) mass is 285 g/mol. The quantitative estimate of drug-likeness (QED) is 0.720.